The Morgan fingerprint density at radius 2 is 2.11 bits per heavy atom. The molecular formula is C17H14BrN5O4. The lowest BCUT2D eigenvalue weighted by molar-refractivity contribution is -0.385. The normalized spacial score (nSPS) is 10.6. The maximum atomic E-state index is 12.3. The SMILES string of the molecule is Cc1cc(NC(=O)CNc2nc3ccccn3c(=O)c2[N+](=O)[O-])ccc1Br. The fourth-order valence-electron chi connectivity index (χ4n) is 2.46. The predicted octanol–water partition coefficient (Wildman–Crippen LogP) is 2.72. The van der Waals surface area contributed by atoms with Crippen LogP contribution >= 0.6 is 15.9 Å². The van der Waals surface area contributed by atoms with Crippen LogP contribution in [0.5, 0.6) is 0 Å². The van der Waals surface area contributed by atoms with Crippen molar-refractivity contribution in [3.8, 4) is 0 Å². The number of pyridine rings is 1. The van der Waals surface area contributed by atoms with Gasteiger partial charge in [-0.3, -0.25) is 24.1 Å². The van der Waals surface area contributed by atoms with E-state index >= 15 is 0 Å². The van der Waals surface area contributed by atoms with Crippen molar-refractivity contribution in [1.29, 1.82) is 0 Å². The van der Waals surface area contributed by atoms with Gasteiger partial charge in [0.1, 0.15) is 5.65 Å². The van der Waals surface area contributed by atoms with Gasteiger partial charge in [-0.15, -0.1) is 0 Å². The number of halogens is 1. The molecule has 2 heterocycles. The second-order valence-electron chi connectivity index (χ2n) is 5.67. The first-order chi connectivity index (χ1) is 12.9. The van der Waals surface area contributed by atoms with Crippen molar-refractivity contribution in [1.82, 2.24) is 9.38 Å². The molecule has 0 saturated heterocycles. The molecule has 0 atom stereocenters. The van der Waals surface area contributed by atoms with Crippen molar-refractivity contribution >= 4 is 44.7 Å². The minimum absolute atomic E-state index is 0.236. The van der Waals surface area contributed by atoms with E-state index in [9.17, 15) is 19.7 Å². The highest BCUT2D eigenvalue weighted by Crippen LogP contribution is 2.20. The van der Waals surface area contributed by atoms with Gasteiger partial charge in [0.05, 0.1) is 11.5 Å². The van der Waals surface area contributed by atoms with Crippen molar-refractivity contribution in [2.75, 3.05) is 17.2 Å². The molecule has 0 unspecified atom stereocenters. The summed E-state index contributed by atoms with van der Waals surface area (Å²) in [5.74, 6) is -0.681. The summed E-state index contributed by atoms with van der Waals surface area (Å²) in [5.41, 5.74) is 0.228. The van der Waals surface area contributed by atoms with E-state index in [1.54, 1.807) is 36.4 Å². The molecule has 3 aromatic rings. The minimum atomic E-state index is -0.822. The molecule has 27 heavy (non-hydrogen) atoms. The number of benzene rings is 1. The van der Waals surface area contributed by atoms with Gasteiger partial charge >= 0.3 is 11.2 Å². The van der Waals surface area contributed by atoms with Crippen molar-refractivity contribution in [3.63, 3.8) is 0 Å². The Balaban J connectivity index is 1.82. The van der Waals surface area contributed by atoms with E-state index in [2.05, 4.69) is 31.5 Å². The number of nitro groups is 1. The number of hydrogen-bond donors (Lipinski definition) is 2. The number of aromatic nitrogens is 2. The van der Waals surface area contributed by atoms with Gasteiger partial charge in [0.15, 0.2) is 0 Å². The van der Waals surface area contributed by atoms with Crippen molar-refractivity contribution in [2.24, 2.45) is 0 Å². The van der Waals surface area contributed by atoms with E-state index in [-0.39, 0.29) is 18.0 Å². The molecule has 0 aliphatic rings. The van der Waals surface area contributed by atoms with Crippen LogP contribution in [-0.4, -0.2) is 26.8 Å². The van der Waals surface area contributed by atoms with Crippen LogP contribution < -0.4 is 16.2 Å². The number of amides is 1. The molecule has 10 heteroatoms. The molecule has 0 saturated carbocycles. The van der Waals surface area contributed by atoms with Gasteiger partial charge in [-0.25, -0.2) is 4.98 Å². The molecule has 2 aromatic heterocycles. The third-order valence-corrected chi connectivity index (χ3v) is 4.64. The van der Waals surface area contributed by atoms with Crippen molar-refractivity contribution in [3.05, 3.63) is 73.1 Å². The third-order valence-electron chi connectivity index (χ3n) is 3.75. The van der Waals surface area contributed by atoms with Crippen LogP contribution in [-0.2, 0) is 4.79 Å². The van der Waals surface area contributed by atoms with E-state index in [0.717, 1.165) is 14.4 Å². The van der Waals surface area contributed by atoms with Gasteiger partial charge in [0.2, 0.25) is 11.7 Å². The van der Waals surface area contributed by atoms with Gasteiger partial charge in [-0.05, 0) is 42.8 Å². The zero-order valence-corrected chi connectivity index (χ0v) is 15.7. The number of hydrogen-bond acceptors (Lipinski definition) is 6. The Hall–Kier alpha value is -3.27. The number of carbonyl (C=O) groups excluding carboxylic acids is 1. The number of aryl methyl sites for hydroxylation is 1. The number of nitrogens with zero attached hydrogens (tertiary/aromatic N) is 3. The summed E-state index contributed by atoms with van der Waals surface area (Å²) >= 11 is 3.38. The summed E-state index contributed by atoms with van der Waals surface area (Å²) in [6, 6.07) is 10.1. The molecule has 1 aromatic carbocycles. The van der Waals surface area contributed by atoms with Gasteiger partial charge in [-0.1, -0.05) is 22.0 Å². The Bertz CT molecular complexity index is 1110. The van der Waals surface area contributed by atoms with E-state index in [4.69, 9.17) is 0 Å². The Morgan fingerprint density at radius 3 is 2.81 bits per heavy atom. The van der Waals surface area contributed by atoms with Gasteiger partial charge in [0.25, 0.3) is 0 Å². The Labute approximate surface area is 161 Å². The largest absolute Gasteiger partial charge is 0.376 e. The summed E-state index contributed by atoms with van der Waals surface area (Å²) < 4.78 is 1.99. The Kier molecular flexibility index (Phi) is 5.17. The van der Waals surface area contributed by atoms with Crippen molar-refractivity contribution < 1.29 is 9.72 Å². The first kappa shape index (κ1) is 18.5. The lowest BCUT2D eigenvalue weighted by Crippen LogP contribution is -2.25. The zero-order valence-electron chi connectivity index (χ0n) is 14.1. The summed E-state index contributed by atoms with van der Waals surface area (Å²) in [7, 11) is 0. The first-order valence-electron chi connectivity index (χ1n) is 7.82. The quantitative estimate of drug-likeness (QED) is 0.473. The molecular weight excluding hydrogens is 418 g/mol. The minimum Gasteiger partial charge on any atom is -0.355 e. The second kappa shape index (κ2) is 7.54. The zero-order chi connectivity index (χ0) is 19.6. The van der Waals surface area contributed by atoms with Crippen LogP contribution in [0.3, 0.4) is 0 Å². The lowest BCUT2D eigenvalue weighted by atomic mass is 10.2. The molecule has 0 spiro atoms. The van der Waals surface area contributed by atoms with Crippen LogP contribution in [0.1, 0.15) is 5.56 Å². The predicted molar refractivity (Wildman–Crippen MR) is 104 cm³/mol. The van der Waals surface area contributed by atoms with E-state index < -0.39 is 22.1 Å². The van der Waals surface area contributed by atoms with Crippen LogP contribution in [0.2, 0.25) is 0 Å². The lowest BCUT2D eigenvalue weighted by Gasteiger charge is -2.09. The fourth-order valence-corrected chi connectivity index (χ4v) is 2.71. The summed E-state index contributed by atoms with van der Waals surface area (Å²) in [5, 5.41) is 16.6. The van der Waals surface area contributed by atoms with Gasteiger partial charge in [-0.2, -0.15) is 0 Å². The molecule has 9 nitrogen and oxygen atoms in total. The maximum absolute atomic E-state index is 12.3. The summed E-state index contributed by atoms with van der Waals surface area (Å²) in [6.07, 6.45) is 1.39. The van der Waals surface area contributed by atoms with Gasteiger partial charge in [0, 0.05) is 16.4 Å². The van der Waals surface area contributed by atoms with Gasteiger partial charge < -0.3 is 10.6 Å². The van der Waals surface area contributed by atoms with Crippen molar-refractivity contribution in [2.45, 2.75) is 6.92 Å². The fraction of sp³-hybridized carbons (Fsp3) is 0.118. The Morgan fingerprint density at radius 1 is 1.33 bits per heavy atom. The first-order valence-corrected chi connectivity index (χ1v) is 8.62. The molecule has 0 aliphatic carbocycles. The molecule has 3 rings (SSSR count). The molecule has 0 bridgehead atoms. The topological polar surface area (TPSA) is 119 Å². The van der Waals surface area contributed by atoms with E-state index in [1.165, 1.54) is 6.20 Å². The van der Waals surface area contributed by atoms with Crippen LogP contribution in [0.25, 0.3) is 5.65 Å². The molecule has 2 N–H and O–H groups in total. The molecule has 0 aliphatic heterocycles. The number of fused-ring (bicyclic) bond motifs is 1. The highest BCUT2D eigenvalue weighted by molar-refractivity contribution is 9.10. The average Bonchev–Trinajstić information content (AvgIpc) is 2.63. The van der Waals surface area contributed by atoms with Crippen LogP contribution in [0, 0.1) is 17.0 Å². The standard InChI is InChI=1S/C17H14BrN5O4/c1-10-8-11(5-6-12(10)18)20-14(24)9-19-16-15(23(26)27)17(25)22-7-3-2-4-13(22)21-16/h2-8,19H,9H2,1H3,(H,20,24). The number of rotatable bonds is 5. The third kappa shape index (κ3) is 3.95. The number of carbonyl (C=O) groups is 1. The van der Waals surface area contributed by atoms with E-state index in [1.807, 2.05) is 6.92 Å². The molecule has 138 valence electrons. The highest BCUT2D eigenvalue weighted by Gasteiger charge is 2.23. The molecule has 1 amide bonds. The monoisotopic (exact) mass is 431 g/mol. The second-order valence-corrected chi connectivity index (χ2v) is 6.52. The smallest absolute Gasteiger partial charge is 0.355 e. The van der Waals surface area contributed by atoms with Crippen LogP contribution in [0.15, 0.2) is 51.9 Å². The molecule has 0 fully saturated rings. The molecule has 0 radical (unpaired) electrons. The highest BCUT2D eigenvalue weighted by atomic mass is 79.9. The van der Waals surface area contributed by atoms with E-state index in [0.29, 0.717) is 5.69 Å². The van der Waals surface area contributed by atoms with Crippen LogP contribution in [0.4, 0.5) is 17.2 Å². The summed E-state index contributed by atoms with van der Waals surface area (Å²) in [6.45, 7) is 1.60. The maximum Gasteiger partial charge on any atom is 0.376 e. The average molecular weight is 432 g/mol. The number of nitrogens with one attached hydrogen (secondary N) is 2. The summed E-state index contributed by atoms with van der Waals surface area (Å²) in [4.78, 5) is 39.0. The number of anilines is 2.